The van der Waals surface area contributed by atoms with Crippen molar-refractivity contribution in [3.05, 3.63) is 35.4 Å². The summed E-state index contributed by atoms with van der Waals surface area (Å²) in [7, 11) is 3.15. The predicted molar refractivity (Wildman–Crippen MR) is 75.0 cm³/mol. The number of aliphatic hydroxyl groups is 1. The highest BCUT2D eigenvalue weighted by atomic mass is 16.5. The van der Waals surface area contributed by atoms with Crippen molar-refractivity contribution in [1.82, 2.24) is 4.90 Å². The van der Waals surface area contributed by atoms with Gasteiger partial charge in [0.1, 0.15) is 0 Å². The molecule has 5 nitrogen and oxygen atoms in total. The number of amides is 1. The van der Waals surface area contributed by atoms with Crippen molar-refractivity contribution in [2.75, 3.05) is 27.3 Å². The van der Waals surface area contributed by atoms with E-state index in [-0.39, 0.29) is 25.5 Å². The molecule has 1 rings (SSSR count). The molecule has 0 heterocycles. The Hall–Kier alpha value is -1.90. The van der Waals surface area contributed by atoms with Crippen LogP contribution in [0.25, 0.3) is 0 Å². The first-order valence-electron chi connectivity index (χ1n) is 6.43. The Balaban J connectivity index is 2.64. The first kappa shape index (κ1) is 16.2. The highest BCUT2D eigenvalue weighted by molar-refractivity contribution is 5.79. The molecule has 1 unspecified atom stereocenters. The van der Waals surface area contributed by atoms with Crippen molar-refractivity contribution in [1.29, 1.82) is 5.26 Å². The van der Waals surface area contributed by atoms with Gasteiger partial charge in [-0.1, -0.05) is 24.3 Å². The molecule has 1 aromatic carbocycles. The van der Waals surface area contributed by atoms with Gasteiger partial charge in [0.25, 0.3) is 0 Å². The van der Waals surface area contributed by atoms with E-state index >= 15 is 0 Å². The summed E-state index contributed by atoms with van der Waals surface area (Å²) in [5.74, 6) is -0.0921. The number of rotatable bonds is 7. The molecule has 0 saturated carbocycles. The molecule has 0 aliphatic heterocycles. The average molecular weight is 276 g/mol. The van der Waals surface area contributed by atoms with Gasteiger partial charge >= 0.3 is 0 Å². The van der Waals surface area contributed by atoms with Gasteiger partial charge in [0.15, 0.2) is 0 Å². The van der Waals surface area contributed by atoms with E-state index in [0.29, 0.717) is 6.42 Å². The third-order valence-electron chi connectivity index (χ3n) is 3.00. The molecule has 1 amide bonds. The largest absolute Gasteiger partial charge is 0.389 e. The summed E-state index contributed by atoms with van der Waals surface area (Å²) in [6, 6.07) is 9.50. The number of likely N-dealkylation sites (N-methyl/N-ethyl adjacent to an activating group) is 1. The van der Waals surface area contributed by atoms with Crippen LogP contribution in [-0.2, 0) is 22.4 Å². The quantitative estimate of drug-likeness (QED) is 0.798. The van der Waals surface area contributed by atoms with Crippen LogP contribution in [0.2, 0.25) is 0 Å². The first-order chi connectivity index (χ1) is 9.58. The van der Waals surface area contributed by atoms with Crippen molar-refractivity contribution in [2.45, 2.75) is 18.9 Å². The normalized spacial score (nSPS) is 11.7. The van der Waals surface area contributed by atoms with Gasteiger partial charge in [-0.25, -0.2) is 0 Å². The van der Waals surface area contributed by atoms with E-state index in [1.54, 1.807) is 7.05 Å². The van der Waals surface area contributed by atoms with Crippen molar-refractivity contribution >= 4 is 5.91 Å². The van der Waals surface area contributed by atoms with E-state index < -0.39 is 6.10 Å². The molecule has 20 heavy (non-hydrogen) atoms. The highest BCUT2D eigenvalue weighted by Crippen LogP contribution is 2.11. The lowest BCUT2D eigenvalue weighted by Crippen LogP contribution is -2.37. The third kappa shape index (κ3) is 5.00. The number of hydrogen-bond acceptors (Lipinski definition) is 4. The van der Waals surface area contributed by atoms with Crippen molar-refractivity contribution < 1.29 is 14.6 Å². The second-order valence-electron chi connectivity index (χ2n) is 4.66. The van der Waals surface area contributed by atoms with E-state index in [2.05, 4.69) is 6.07 Å². The van der Waals surface area contributed by atoms with E-state index in [0.717, 1.165) is 11.1 Å². The molecule has 0 spiro atoms. The Kier molecular flexibility index (Phi) is 6.71. The second-order valence-corrected chi connectivity index (χ2v) is 4.66. The summed E-state index contributed by atoms with van der Waals surface area (Å²) in [6.45, 7) is 0.426. The Morgan fingerprint density at radius 3 is 2.70 bits per heavy atom. The number of methoxy groups -OCH3 is 1. The Morgan fingerprint density at radius 1 is 1.45 bits per heavy atom. The number of carbonyl (C=O) groups excluding carboxylic acids is 1. The fourth-order valence-electron chi connectivity index (χ4n) is 1.95. The number of nitrogens with zero attached hydrogens (tertiary/aromatic N) is 2. The summed E-state index contributed by atoms with van der Waals surface area (Å²) in [5, 5.41) is 18.4. The molecule has 0 aliphatic rings. The standard InChI is InChI=1S/C15H20N2O3/c1-17(10-14(18)11-20-2)15(19)9-13-6-4-3-5-12(13)7-8-16/h3-6,14,18H,7,9-11H2,1-2H3. The van der Waals surface area contributed by atoms with Crippen LogP contribution in [0, 0.1) is 11.3 Å². The zero-order chi connectivity index (χ0) is 15.0. The Morgan fingerprint density at radius 2 is 2.10 bits per heavy atom. The SMILES string of the molecule is COCC(O)CN(C)C(=O)Cc1ccccc1CC#N. The zero-order valence-corrected chi connectivity index (χ0v) is 11.9. The molecule has 0 fully saturated rings. The molecule has 1 aromatic rings. The number of carbonyl (C=O) groups is 1. The van der Waals surface area contributed by atoms with Gasteiger partial charge in [0, 0.05) is 20.7 Å². The molecule has 0 aliphatic carbocycles. The maximum atomic E-state index is 12.1. The van der Waals surface area contributed by atoms with E-state index in [1.165, 1.54) is 12.0 Å². The van der Waals surface area contributed by atoms with Gasteiger partial charge in [-0.3, -0.25) is 4.79 Å². The van der Waals surface area contributed by atoms with Crippen LogP contribution >= 0.6 is 0 Å². The van der Waals surface area contributed by atoms with Crippen LogP contribution in [0.15, 0.2) is 24.3 Å². The van der Waals surface area contributed by atoms with E-state index in [9.17, 15) is 9.90 Å². The number of aliphatic hydroxyl groups excluding tert-OH is 1. The summed E-state index contributed by atoms with van der Waals surface area (Å²) in [5.41, 5.74) is 1.72. The summed E-state index contributed by atoms with van der Waals surface area (Å²) < 4.78 is 4.83. The van der Waals surface area contributed by atoms with E-state index in [4.69, 9.17) is 10.00 Å². The van der Waals surface area contributed by atoms with Gasteiger partial charge in [-0.05, 0) is 11.1 Å². The van der Waals surface area contributed by atoms with Crippen molar-refractivity contribution in [3.8, 4) is 6.07 Å². The number of ether oxygens (including phenoxy) is 1. The summed E-state index contributed by atoms with van der Waals surface area (Å²) in [4.78, 5) is 13.6. The molecular weight excluding hydrogens is 256 g/mol. The lowest BCUT2D eigenvalue weighted by atomic mass is 10.0. The third-order valence-corrected chi connectivity index (χ3v) is 3.00. The average Bonchev–Trinajstić information content (AvgIpc) is 2.41. The van der Waals surface area contributed by atoms with Crippen LogP contribution in [0.3, 0.4) is 0 Å². The van der Waals surface area contributed by atoms with E-state index in [1.807, 2.05) is 24.3 Å². The number of hydrogen-bond donors (Lipinski definition) is 1. The molecule has 0 aromatic heterocycles. The molecule has 1 atom stereocenters. The smallest absolute Gasteiger partial charge is 0.226 e. The Bertz CT molecular complexity index is 482. The molecule has 5 heteroatoms. The van der Waals surface area contributed by atoms with Gasteiger partial charge in [-0.15, -0.1) is 0 Å². The zero-order valence-electron chi connectivity index (χ0n) is 11.9. The second kappa shape index (κ2) is 8.31. The van der Waals surface area contributed by atoms with Crippen LogP contribution < -0.4 is 0 Å². The lowest BCUT2D eigenvalue weighted by molar-refractivity contribution is -0.130. The Labute approximate surface area is 119 Å². The maximum absolute atomic E-state index is 12.1. The van der Waals surface area contributed by atoms with Gasteiger partial charge < -0.3 is 14.7 Å². The molecule has 0 saturated heterocycles. The molecule has 1 N–H and O–H groups in total. The lowest BCUT2D eigenvalue weighted by Gasteiger charge is -2.21. The predicted octanol–water partition coefficient (Wildman–Crippen LogP) is 0.761. The van der Waals surface area contributed by atoms with Crippen molar-refractivity contribution in [3.63, 3.8) is 0 Å². The van der Waals surface area contributed by atoms with Crippen molar-refractivity contribution in [2.24, 2.45) is 0 Å². The minimum Gasteiger partial charge on any atom is -0.389 e. The topological polar surface area (TPSA) is 73.6 Å². The summed E-state index contributed by atoms with van der Waals surface area (Å²) in [6.07, 6.45) is -0.170. The van der Waals surface area contributed by atoms with Gasteiger partial charge in [0.05, 0.1) is 31.6 Å². The number of benzene rings is 1. The van der Waals surface area contributed by atoms with Gasteiger partial charge in [-0.2, -0.15) is 5.26 Å². The minimum atomic E-state index is -0.691. The van der Waals surface area contributed by atoms with Crippen LogP contribution in [0.4, 0.5) is 0 Å². The molecular formula is C15H20N2O3. The minimum absolute atomic E-state index is 0.0921. The summed E-state index contributed by atoms with van der Waals surface area (Å²) >= 11 is 0. The van der Waals surface area contributed by atoms with Gasteiger partial charge in [0.2, 0.25) is 5.91 Å². The molecule has 0 bridgehead atoms. The first-order valence-corrected chi connectivity index (χ1v) is 6.43. The maximum Gasteiger partial charge on any atom is 0.226 e. The highest BCUT2D eigenvalue weighted by Gasteiger charge is 2.15. The monoisotopic (exact) mass is 276 g/mol. The van der Waals surface area contributed by atoms with Crippen LogP contribution in [0.1, 0.15) is 11.1 Å². The fourth-order valence-corrected chi connectivity index (χ4v) is 1.95. The van der Waals surface area contributed by atoms with Crippen LogP contribution in [0.5, 0.6) is 0 Å². The molecule has 108 valence electrons. The number of nitriles is 1. The fraction of sp³-hybridized carbons (Fsp3) is 0.467. The van der Waals surface area contributed by atoms with Crippen LogP contribution in [-0.4, -0.2) is 49.3 Å². The molecule has 0 radical (unpaired) electrons.